The third-order valence-corrected chi connectivity index (χ3v) is 2.71. The fourth-order valence-electron chi connectivity index (χ4n) is 1.22. The summed E-state index contributed by atoms with van der Waals surface area (Å²) in [6.45, 7) is 0. The molecule has 4 nitrogen and oxygen atoms in total. The van der Waals surface area contributed by atoms with E-state index < -0.39 is 11.2 Å². The van der Waals surface area contributed by atoms with Crippen molar-refractivity contribution in [2.24, 2.45) is 0 Å². The average molecular weight is 293 g/mol. The van der Waals surface area contributed by atoms with Gasteiger partial charge in [-0.1, -0.05) is 20.4 Å². The molecule has 0 aliphatic carbocycles. The van der Waals surface area contributed by atoms with E-state index >= 15 is 0 Å². The summed E-state index contributed by atoms with van der Waals surface area (Å²) in [4.78, 5) is 22.4. The van der Waals surface area contributed by atoms with Crippen LogP contribution < -0.4 is 11.2 Å². The summed E-state index contributed by atoms with van der Waals surface area (Å²) < 4.78 is 14.1. The first-order valence-corrected chi connectivity index (χ1v) is 4.95. The third-order valence-electron chi connectivity index (χ3n) is 1.92. The van der Waals surface area contributed by atoms with Crippen LogP contribution in [0.2, 0.25) is 0 Å². The van der Waals surface area contributed by atoms with Gasteiger partial charge in [-0.15, -0.1) is 4.79 Å². The van der Waals surface area contributed by atoms with Crippen molar-refractivity contribution in [1.82, 2.24) is 8.88 Å². The van der Waals surface area contributed by atoms with Gasteiger partial charge in [-0.3, -0.25) is 4.79 Å². The second kappa shape index (κ2) is 3.46. The molecule has 15 heavy (non-hydrogen) atoms. The normalized spacial score (nSPS) is 10.9. The zero-order valence-electron chi connectivity index (χ0n) is 7.08. The van der Waals surface area contributed by atoms with E-state index in [0.717, 1.165) is 0 Å². The molecule has 1 heterocycles. The zero-order valence-corrected chi connectivity index (χ0v) is 9.42. The number of rotatable bonds is 0. The van der Waals surface area contributed by atoms with Crippen molar-refractivity contribution in [1.29, 1.82) is 0 Å². The number of aromatic nitrogens is 2. The highest BCUT2D eigenvalue weighted by Crippen LogP contribution is 2.16. The minimum atomic E-state index is -1.22. The molecule has 7 heteroatoms. The molecule has 1 aromatic carbocycles. The molecule has 0 aliphatic rings. The van der Waals surface area contributed by atoms with Gasteiger partial charge in [0.15, 0.2) is 0 Å². The minimum Gasteiger partial charge on any atom is -0.267 e. The molecule has 0 spiro atoms. The van der Waals surface area contributed by atoms with Gasteiger partial charge in [0, 0.05) is 16.2 Å². The van der Waals surface area contributed by atoms with Crippen LogP contribution in [0.1, 0.15) is 0 Å². The van der Waals surface area contributed by atoms with E-state index in [4.69, 9.17) is 11.8 Å². The first kappa shape index (κ1) is 10.4. The smallest absolute Gasteiger partial charge is 0.267 e. The molecule has 0 atom stereocenters. The average Bonchev–Trinajstić information content (AvgIpc) is 2.23. The number of hydrogen-bond donors (Lipinski definition) is 0. The van der Waals surface area contributed by atoms with Crippen molar-refractivity contribution in [3.05, 3.63) is 43.5 Å². The second-order valence-corrected chi connectivity index (χ2v) is 4.06. The van der Waals surface area contributed by atoms with Gasteiger partial charge in [-0.2, -0.15) is 4.09 Å². The summed E-state index contributed by atoms with van der Waals surface area (Å²) in [5.41, 5.74) is -2.07. The van der Waals surface area contributed by atoms with E-state index in [-0.39, 0.29) is 19.8 Å². The Hall–Kier alpha value is -1.14. The van der Waals surface area contributed by atoms with Crippen molar-refractivity contribution in [2.75, 3.05) is 0 Å². The number of benzene rings is 1. The summed E-state index contributed by atoms with van der Waals surface area (Å²) in [6, 6.07) is 4.27. The van der Waals surface area contributed by atoms with E-state index in [2.05, 4.69) is 15.9 Å². The predicted octanol–water partition coefficient (Wildman–Crippen LogP) is 1.66. The summed E-state index contributed by atoms with van der Waals surface area (Å²) >= 11 is 8.43. The molecule has 0 saturated heterocycles. The highest BCUT2D eigenvalue weighted by Gasteiger charge is 2.11. The summed E-state index contributed by atoms with van der Waals surface area (Å²) in [6.07, 6.45) is 0. The van der Waals surface area contributed by atoms with E-state index in [1.807, 2.05) is 0 Å². The van der Waals surface area contributed by atoms with Crippen LogP contribution in [0.4, 0.5) is 4.48 Å². The zero-order chi connectivity index (χ0) is 11.2. The number of fused-ring (bicyclic) bond motifs is 1. The number of halogens is 3. The second-order valence-electron chi connectivity index (χ2n) is 2.81. The van der Waals surface area contributed by atoms with E-state index in [0.29, 0.717) is 4.47 Å². The Morgan fingerprint density at radius 1 is 1.33 bits per heavy atom. The van der Waals surface area contributed by atoms with E-state index in [9.17, 15) is 14.1 Å². The summed E-state index contributed by atoms with van der Waals surface area (Å²) in [7, 11) is 0. The van der Waals surface area contributed by atoms with Crippen molar-refractivity contribution in [3.8, 4) is 0 Å². The standard InChI is InChI=1S/C8H3BrClFN2O2/c9-4-1-2-5-6(3-4)13(11)8(15)12(10)7(5)14/h1-3H. The fraction of sp³-hybridized carbons (Fsp3) is 0. The molecule has 0 N–H and O–H groups in total. The van der Waals surface area contributed by atoms with Crippen LogP contribution in [0, 0.1) is 0 Å². The lowest BCUT2D eigenvalue weighted by Gasteiger charge is -2.02. The molecule has 2 aromatic rings. The first-order chi connectivity index (χ1) is 7.02. The quantitative estimate of drug-likeness (QED) is 0.741. The van der Waals surface area contributed by atoms with Gasteiger partial charge in [0.25, 0.3) is 5.56 Å². The third kappa shape index (κ3) is 1.49. The van der Waals surface area contributed by atoms with Crippen molar-refractivity contribution in [2.45, 2.75) is 0 Å². The number of nitrogens with zero attached hydrogens (tertiary/aromatic N) is 2. The Labute approximate surface area is 95.7 Å². The minimum absolute atomic E-state index is 0.0373. The maximum absolute atomic E-state index is 13.4. The van der Waals surface area contributed by atoms with Gasteiger partial charge < -0.3 is 0 Å². The van der Waals surface area contributed by atoms with Crippen LogP contribution in [0.15, 0.2) is 32.3 Å². The molecule has 0 saturated carbocycles. The number of hydrogen-bond acceptors (Lipinski definition) is 2. The lowest BCUT2D eigenvalue weighted by molar-refractivity contribution is 0.359. The molecule has 1 aromatic heterocycles. The molecule has 0 radical (unpaired) electrons. The molecular formula is C8H3BrClFN2O2. The van der Waals surface area contributed by atoms with E-state index in [1.54, 1.807) is 6.07 Å². The Kier molecular flexibility index (Phi) is 2.40. The lowest BCUT2D eigenvalue weighted by Crippen LogP contribution is -2.32. The Morgan fingerprint density at radius 3 is 2.67 bits per heavy atom. The summed E-state index contributed by atoms with van der Waals surface area (Å²) in [5.74, 6) is 0. The maximum atomic E-state index is 13.4. The van der Waals surface area contributed by atoms with Gasteiger partial charge in [-0.05, 0) is 18.2 Å². The molecule has 0 bridgehead atoms. The molecule has 0 aliphatic heterocycles. The van der Waals surface area contributed by atoms with Gasteiger partial charge in [-0.25, -0.2) is 4.79 Å². The summed E-state index contributed by atoms with van der Waals surface area (Å²) in [5, 5.41) is 0.0373. The van der Waals surface area contributed by atoms with Gasteiger partial charge in [0.2, 0.25) is 0 Å². The van der Waals surface area contributed by atoms with Crippen LogP contribution >= 0.6 is 27.7 Å². The monoisotopic (exact) mass is 292 g/mol. The van der Waals surface area contributed by atoms with Crippen LogP contribution in [-0.4, -0.2) is 8.88 Å². The van der Waals surface area contributed by atoms with Gasteiger partial charge >= 0.3 is 5.69 Å². The predicted molar refractivity (Wildman–Crippen MR) is 57.9 cm³/mol. The highest BCUT2D eigenvalue weighted by atomic mass is 79.9. The van der Waals surface area contributed by atoms with Gasteiger partial charge in [0.05, 0.1) is 10.9 Å². The topological polar surface area (TPSA) is 44.0 Å². The molecular weight excluding hydrogens is 290 g/mol. The molecule has 0 fully saturated rings. The van der Waals surface area contributed by atoms with Crippen molar-refractivity contribution >= 4 is 38.6 Å². The van der Waals surface area contributed by atoms with Crippen LogP contribution in [-0.2, 0) is 0 Å². The van der Waals surface area contributed by atoms with Crippen molar-refractivity contribution < 1.29 is 4.48 Å². The van der Waals surface area contributed by atoms with Gasteiger partial charge in [0.1, 0.15) is 0 Å². The SMILES string of the molecule is O=c1c2ccc(Br)cc2n(F)c(=O)n1Cl. The molecule has 0 unspecified atom stereocenters. The molecule has 78 valence electrons. The van der Waals surface area contributed by atoms with Crippen LogP contribution in [0.3, 0.4) is 0 Å². The first-order valence-electron chi connectivity index (χ1n) is 3.82. The Bertz CT molecular complexity index is 664. The van der Waals surface area contributed by atoms with Crippen LogP contribution in [0.5, 0.6) is 0 Å². The maximum Gasteiger partial charge on any atom is 0.374 e. The molecule has 0 amide bonds. The fourth-order valence-corrected chi connectivity index (χ4v) is 1.73. The van der Waals surface area contributed by atoms with Crippen molar-refractivity contribution in [3.63, 3.8) is 0 Å². The largest absolute Gasteiger partial charge is 0.374 e. The lowest BCUT2D eigenvalue weighted by atomic mass is 10.2. The molecule has 2 rings (SSSR count). The Morgan fingerprint density at radius 2 is 2.00 bits per heavy atom. The highest BCUT2D eigenvalue weighted by molar-refractivity contribution is 9.10. The van der Waals surface area contributed by atoms with Crippen LogP contribution in [0.25, 0.3) is 10.9 Å². The Balaban J connectivity index is 3.15. The van der Waals surface area contributed by atoms with E-state index in [1.165, 1.54) is 12.1 Å².